The molecule has 0 unspecified atom stereocenters. The minimum Gasteiger partial charge on any atom is -0.404 e. The molecule has 27 heavy (non-hydrogen) atoms. The quantitative estimate of drug-likeness (QED) is 0.457. The molecule has 9 nitrogen and oxygen atoms in total. The Morgan fingerprint density at radius 2 is 2.19 bits per heavy atom. The van der Waals surface area contributed by atoms with Gasteiger partial charge in [0.05, 0.1) is 25.0 Å². The van der Waals surface area contributed by atoms with Crippen molar-refractivity contribution in [1.29, 1.82) is 0 Å². The van der Waals surface area contributed by atoms with Crippen molar-refractivity contribution < 1.29 is 5.11 Å². The molecule has 3 heterocycles. The summed E-state index contributed by atoms with van der Waals surface area (Å²) < 4.78 is 2.02. The van der Waals surface area contributed by atoms with Crippen LogP contribution in [0.5, 0.6) is 0 Å². The summed E-state index contributed by atoms with van der Waals surface area (Å²) in [6, 6.07) is 3.96. The average molecular weight is 366 g/mol. The van der Waals surface area contributed by atoms with Crippen LogP contribution in [0.4, 0.5) is 11.6 Å². The summed E-state index contributed by atoms with van der Waals surface area (Å²) in [4.78, 5) is 17.0. The predicted molar refractivity (Wildman–Crippen MR) is 106 cm³/mol. The Kier molecular flexibility index (Phi) is 5.62. The Hall–Kier alpha value is -3.46. The van der Waals surface area contributed by atoms with E-state index in [9.17, 15) is 0 Å². The first-order chi connectivity index (χ1) is 13.1. The van der Waals surface area contributed by atoms with Crippen LogP contribution in [0.1, 0.15) is 17.0 Å². The molecule has 3 rings (SSSR count). The third-order valence-electron chi connectivity index (χ3n) is 3.95. The molecule has 0 aliphatic carbocycles. The average Bonchev–Trinajstić information content (AvgIpc) is 3.05. The van der Waals surface area contributed by atoms with Crippen LogP contribution in [-0.2, 0) is 6.54 Å². The lowest BCUT2D eigenvalue weighted by atomic mass is 10.2. The summed E-state index contributed by atoms with van der Waals surface area (Å²) in [7, 11) is 0. The van der Waals surface area contributed by atoms with E-state index in [0.29, 0.717) is 36.0 Å². The van der Waals surface area contributed by atoms with Crippen LogP contribution in [0.15, 0.2) is 41.9 Å². The monoisotopic (exact) mass is 366 g/mol. The molecule has 0 fully saturated rings. The lowest BCUT2D eigenvalue weighted by Crippen LogP contribution is -2.09. The molecule has 3 aromatic rings. The van der Waals surface area contributed by atoms with Gasteiger partial charge in [0.15, 0.2) is 11.6 Å². The fourth-order valence-corrected chi connectivity index (χ4v) is 2.52. The molecule has 6 N–H and O–H groups in total. The number of nitrogens with two attached hydrogens (primary N) is 2. The number of pyridine rings is 1. The normalized spacial score (nSPS) is 12.1. The molecular formula is C18H22N8O. The van der Waals surface area contributed by atoms with E-state index in [-0.39, 0.29) is 6.61 Å². The van der Waals surface area contributed by atoms with Gasteiger partial charge in [0.25, 0.3) is 0 Å². The summed E-state index contributed by atoms with van der Waals surface area (Å²) in [6.45, 7) is 2.79. The van der Waals surface area contributed by atoms with E-state index < -0.39 is 0 Å². The Labute approximate surface area is 156 Å². The first-order valence-electron chi connectivity index (χ1n) is 8.44. The van der Waals surface area contributed by atoms with Crippen LogP contribution < -0.4 is 16.8 Å². The highest BCUT2D eigenvalue weighted by atomic mass is 16.3. The number of fused-ring (bicyclic) bond motifs is 1. The number of rotatable bonds is 7. The number of aliphatic hydroxyl groups excluding tert-OH is 1. The maximum atomic E-state index is 8.83. The topological polar surface area (TPSA) is 140 Å². The first-order valence-corrected chi connectivity index (χ1v) is 8.44. The lowest BCUT2D eigenvalue weighted by molar-refractivity contribution is 0.307. The number of hydrogen-bond acceptors (Lipinski definition) is 8. The molecule has 0 aliphatic rings. The van der Waals surface area contributed by atoms with E-state index in [0.717, 1.165) is 16.9 Å². The second kappa shape index (κ2) is 8.28. The molecule has 0 amide bonds. The second-order valence-electron chi connectivity index (χ2n) is 5.89. The number of hydrogen-bond donors (Lipinski definition) is 4. The van der Waals surface area contributed by atoms with Crippen molar-refractivity contribution in [2.75, 3.05) is 24.2 Å². The van der Waals surface area contributed by atoms with E-state index in [1.165, 1.54) is 12.4 Å². The van der Waals surface area contributed by atoms with Gasteiger partial charge >= 0.3 is 0 Å². The van der Waals surface area contributed by atoms with Crippen LogP contribution in [-0.4, -0.2) is 43.8 Å². The van der Waals surface area contributed by atoms with Crippen molar-refractivity contribution in [2.45, 2.75) is 13.5 Å². The summed E-state index contributed by atoms with van der Waals surface area (Å²) >= 11 is 0. The van der Waals surface area contributed by atoms with Crippen molar-refractivity contribution in [3.63, 3.8) is 0 Å². The predicted octanol–water partition coefficient (Wildman–Crippen LogP) is 0.990. The van der Waals surface area contributed by atoms with Gasteiger partial charge in [-0.25, -0.2) is 15.0 Å². The third kappa shape index (κ3) is 4.21. The molecule has 140 valence electrons. The molecule has 0 saturated heterocycles. The Morgan fingerprint density at radius 1 is 1.33 bits per heavy atom. The smallest absolute Gasteiger partial charge is 0.169 e. The molecule has 0 radical (unpaired) electrons. The van der Waals surface area contributed by atoms with Gasteiger partial charge in [-0.2, -0.15) is 0 Å². The lowest BCUT2D eigenvalue weighted by Gasteiger charge is -2.10. The summed E-state index contributed by atoms with van der Waals surface area (Å²) in [5.74, 6) is 0.757. The van der Waals surface area contributed by atoms with Crippen LogP contribution in [0.25, 0.3) is 11.2 Å². The van der Waals surface area contributed by atoms with Gasteiger partial charge in [0.2, 0.25) is 0 Å². The highest BCUT2D eigenvalue weighted by Crippen LogP contribution is 2.18. The molecular weight excluding hydrogens is 344 g/mol. The fraction of sp³-hybridized carbons (Fsp3) is 0.222. The number of aryl methyl sites for hydroxylation is 1. The molecule has 3 aromatic heterocycles. The molecule has 9 heteroatoms. The van der Waals surface area contributed by atoms with Crippen molar-refractivity contribution in [2.24, 2.45) is 10.7 Å². The van der Waals surface area contributed by atoms with E-state index in [4.69, 9.17) is 16.6 Å². The molecule has 0 aromatic carbocycles. The zero-order valence-electron chi connectivity index (χ0n) is 15.0. The molecule has 0 saturated carbocycles. The Balaban J connectivity index is 1.78. The zero-order valence-corrected chi connectivity index (χ0v) is 15.0. The number of allylic oxidation sites excluding steroid dienone is 1. The molecule has 0 bridgehead atoms. The molecule has 0 spiro atoms. The van der Waals surface area contributed by atoms with Gasteiger partial charge in [0, 0.05) is 42.6 Å². The SMILES string of the molecule is Cc1cnc2ccc(CNc3nc(C(C=NCCO)=CN)cnc3N)cn12. The van der Waals surface area contributed by atoms with Crippen LogP contribution >= 0.6 is 0 Å². The minimum absolute atomic E-state index is 0.0324. The largest absolute Gasteiger partial charge is 0.404 e. The number of nitrogen functional groups attached to an aromatic ring is 1. The van der Waals surface area contributed by atoms with Gasteiger partial charge in [-0.3, -0.25) is 4.99 Å². The van der Waals surface area contributed by atoms with Crippen molar-refractivity contribution >= 4 is 29.1 Å². The number of anilines is 2. The summed E-state index contributed by atoms with van der Waals surface area (Å²) in [6.07, 6.45) is 8.32. The number of imidazole rings is 1. The van der Waals surface area contributed by atoms with E-state index in [1.807, 2.05) is 35.9 Å². The van der Waals surface area contributed by atoms with E-state index >= 15 is 0 Å². The van der Waals surface area contributed by atoms with Crippen molar-refractivity contribution in [3.05, 3.63) is 53.9 Å². The van der Waals surface area contributed by atoms with Crippen molar-refractivity contribution in [3.8, 4) is 0 Å². The molecule has 0 atom stereocenters. The minimum atomic E-state index is -0.0324. The maximum Gasteiger partial charge on any atom is 0.169 e. The number of nitrogens with one attached hydrogen (secondary N) is 1. The number of nitrogens with zero attached hydrogens (tertiary/aromatic N) is 5. The number of aliphatic imine (C=N–C) groups is 1. The first kappa shape index (κ1) is 18.3. The van der Waals surface area contributed by atoms with Gasteiger partial charge in [-0.15, -0.1) is 0 Å². The number of aliphatic hydroxyl groups is 1. The summed E-state index contributed by atoms with van der Waals surface area (Å²) in [5, 5.41) is 12.0. The summed E-state index contributed by atoms with van der Waals surface area (Å²) in [5.41, 5.74) is 15.7. The van der Waals surface area contributed by atoms with Crippen LogP contribution in [0, 0.1) is 6.92 Å². The maximum absolute atomic E-state index is 8.83. The Bertz CT molecular complexity index is 992. The zero-order chi connectivity index (χ0) is 19.2. The van der Waals surface area contributed by atoms with Gasteiger partial charge in [0.1, 0.15) is 5.65 Å². The van der Waals surface area contributed by atoms with Gasteiger partial charge in [-0.05, 0) is 18.6 Å². The standard InChI is InChI=1S/C18H22N8O/c1-12-7-22-16-3-2-13(11-26(12)16)8-24-18-17(20)23-10-15(25-18)14(6-19)9-21-4-5-27/h2-3,6-7,9-11,27H,4-5,8,19H2,1H3,(H2,20,23)(H,24,25). The van der Waals surface area contributed by atoms with Gasteiger partial charge < -0.3 is 26.3 Å². The highest BCUT2D eigenvalue weighted by molar-refractivity contribution is 6.08. The Morgan fingerprint density at radius 3 is 2.96 bits per heavy atom. The second-order valence-corrected chi connectivity index (χ2v) is 5.89. The van der Waals surface area contributed by atoms with Crippen LogP contribution in [0.3, 0.4) is 0 Å². The highest BCUT2D eigenvalue weighted by Gasteiger charge is 2.08. The van der Waals surface area contributed by atoms with E-state index in [1.54, 1.807) is 6.21 Å². The van der Waals surface area contributed by atoms with E-state index in [2.05, 4.69) is 25.3 Å². The fourth-order valence-electron chi connectivity index (χ4n) is 2.52. The van der Waals surface area contributed by atoms with Crippen LogP contribution in [0.2, 0.25) is 0 Å². The van der Waals surface area contributed by atoms with Crippen molar-refractivity contribution in [1.82, 2.24) is 19.4 Å². The van der Waals surface area contributed by atoms with Gasteiger partial charge in [-0.1, -0.05) is 6.07 Å². The third-order valence-corrected chi connectivity index (χ3v) is 3.95. The molecule has 0 aliphatic heterocycles. The number of aromatic nitrogens is 4.